The van der Waals surface area contributed by atoms with Crippen LogP contribution in [0.4, 0.5) is 0 Å². The van der Waals surface area contributed by atoms with Gasteiger partial charge >= 0.3 is 0 Å². The lowest BCUT2D eigenvalue weighted by Crippen LogP contribution is -2.50. The first-order valence-electron chi connectivity index (χ1n) is 4.96. The summed E-state index contributed by atoms with van der Waals surface area (Å²) in [5, 5.41) is 3.09. The van der Waals surface area contributed by atoms with Crippen molar-refractivity contribution in [3.05, 3.63) is 0 Å². The van der Waals surface area contributed by atoms with Crippen LogP contribution in [0.25, 0.3) is 0 Å². The average Bonchev–Trinajstić information content (AvgIpc) is 2.61. The Hall–Kier alpha value is -0.320. The Bertz CT molecular complexity index is 239. The minimum Gasteiger partial charge on any atom is -0.381 e. The van der Waals surface area contributed by atoms with Gasteiger partial charge in [-0.25, -0.2) is 0 Å². The Balaban J connectivity index is 0.000000750. The van der Waals surface area contributed by atoms with Crippen molar-refractivity contribution in [2.24, 2.45) is 11.8 Å². The van der Waals surface area contributed by atoms with Gasteiger partial charge in [-0.05, 0) is 0 Å². The smallest absolute Gasteiger partial charge is 0.236 e. The molecule has 2 atom stereocenters. The molecule has 80 valence electrons. The summed E-state index contributed by atoms with van der Waals surface area (Å²) in [5.74, 6) is 1.58. The van der Waals surface area contributed by atoms with Crippen LogP contribution in [-0.4, -0.2) is 49.7 Å². The van der Waals surface area contributed by atoms with E-state index in [1.54, 1.807) is 0 Å². The molecule has 2 aliphatic heterocycles. The topological polar surface area (TPSA) is 41.6 Å². The van der Waals surface area contributed by atoms with E-state index in [0.29, 0.717) is 24.4 Å². The lowest BCUT2D eigenvalue weighted by Gasteiger charge is -2.29. The third kappa shape index (κ3) is 1.42. The summed E-state index contributed by atoms with van der Waals surface area (Å²) >= 11 is 0. The number of nitrogens with one attached hydrogen (secondary N) is 1. The molecule has 0 spiro atoms. The van der Waals surface area contributed by atoms with Crippen LogP contribution >= 0.6 is 12.4 Å². The van der Waals surface area contributed by atoms with Gasteiger partial charge in [0.05, 0.1) is 19.8 Å². The van der Waals surface area contributed by atoms with Gasteiger partial charge in [0.1, 0.15) is 0 Å². The Morgan fingerprint density at radius 3 is 2.71 bits per heavy atom. The number of ether oxygens (including phenoxy) is 1. The second-order valence-electron chi connectivity index (χ2n) is 4.12. The van der Waals surface area contributed by atoms with Gasteiger partial charge in [0.15, 0.2) is 0 Å². The summed E-state index contributed by atoms with van der Waals surface area (Å²) in [4.78, 5) is 13.6. The quantitative estimate of drug-likeness (QED) is 0.645. The largest absolute Gasteiger partial charge is 0.381 e. The summed E-state index contributed by atoms with van der Waals surface area (Å²) in [7, 11) is 0. The van der Waals surface area contributed by atoms with Crippen molar-refractivity contribution in [3.8, 4) is 0 Å². The van der Waals surface area contributed by atoms with E-state index in [0.717, 1.165) is 26.3 Å². The molecule has 1 N–H and O–H groups in total. The molecule has 0 radical (unpaired) electrons. The van der Waals surface area contributed by atoms with Crippen LogP contribution in [0, 0.1) is 11.8 Å². The highest BCUT2D eigenvalue weighted by molar-refractivity contribution is 5.85. The molecule has 1 amide bonds. The molecule has 2 saturated heterocycles. The van der Waals surface area contributed by atoms with E-state index in [1.807, 2.05) is 4.90 Å². The molecule has 0 aromatic carbocycles. The number of nitrogens with zero attached hydrogens (tertiary/aromatic N) is 1. The van der Waals surface area contributed by atoms with Gasteiger partial charge < -0.3 is 15.0 Å². The van der Waals surface area contributed by atoms with Crippen molar-refractivity contribution in [2.75, 3.05) is 32.8 Å². The summed E-state index contributed by atoms with van der Waals surface area (Å²) in [6, 6.07) is 0.517. The van der Waals surface area contributed by atoms with Gasteiger partial charge in [0.2, 0.25) is 5.91 Å². The van der Waals surface area contributed by atoms with E-state index >= 15 is 0 Å². The van der Waals surface area contributed by atoms with Crippen molar-refractivity contribution < 1.29 is 9.53 Å². The molecule has 0 aromatic heterocycles. The first kappa shape index (κ1) is 10.2. The molecular formula is C9H15ClN2O2. The molecule has 14 heavy (non-hydrogen) atoms. The van der Waals surface area contributed by atoms with Gasteiger partial charge in [-0.15, -0.1) is 12.4 Å². The lowest BCUT2D eigenvalue weighted by atomic mass is 10.3. The number of piperazine rings is 1. The van der Waals surface area contributed by atoms with Crippen LogP contribution in [0.15, 0.2) is 0 Å². The van der Waals surface area contributed by atoms with Gasteiger partial charge in [-0.3, -0.25) is 4.79 Å². The number of halogens is 1. The van der Waals surface area contributed by atoms with Crippen molar-refractivity contribution >= 4 is 18.3 Å². The van der Waals surface area contributed by atoms with Crippen LogP contribution in [0.2, 0.25) is 0 Å². The maximum absolute atomic E-state index is 11.5. The highest BCUT2D eigenvalue weighted by atomic mass is 35.5. The van der Waals surface area contributed by atoms with Crippen molar-refractivity contribution in [2.45, 2.75) is 6.04 Å². The van der Waals surface area contributed by atoms with E-state index in [9.17, 15) is 4.79 Å². The van der Waals surface area contributed by atoms with E-state index < -0.39 is 0 Å². The van der Waals surface area contributed by atoms with E-state index in [2.05, 4.69) is 5.32 Å². The van der Waals surface area contributed by atoms with Gasteiger partial charge in [-0.2, -0.15) is 0 Å². The third-order valence-corrected chi connectivity index (χ3v) is 3.39. The molecule has 2 unspecified atom stereocenters. The zero-order valence-corrected chi connectivity index (χ0v) is 8.76. The van der Waals surface area contributed by atoms with Crippen molar-refractivity contribution in [1.29, 1.82) is 0 Å². The van der Waals surface area contributed by atoms with Crippen LogP contribution in [0.1, 0.15) is 0 Å². The lowest BCUT2D eigenvalue weighted by molar-refractivity contribution is -0.133. The molecule has 3 rings (SSSR count). The predicted octanol–water partition coefficient (Wildman–Crippen LogP) is -0.515. The zero-order valence-electron chi connectivity index (χ0n) is 7.94. The average molecular weight is 219 g/mol. The second kappa shape index (κ2) is 3.68. The monoisotopic (exact) mass is 218 g/mol. The molecule has 1 aliphatic carbocycles. The molecule has 0 aromatic rings. The first-order valence-corrected chi connectivity index (χ1v) is 4.96. The fourth-order valence-electron chi connectivity index (χ4n) is 2.61. The van der Waals surface area contributed by atoms with Crippen LogP contribution in [0.5, 0.6) is 0 Å². The summed E-state index contributed by atoms with van der Waals surface area (Å²) in [5.41, 5.74) is 0. The maximum atomic E-state index is 11.5. The zero-order chi connectivity index (χ0) is 8.84. The Labute approximate surface area is 89.4 Å². The van der Waals surface area contributed by atoms with E-state index in [1.165, 1.54) is 0 Å². The molecule has 5 heteroatoms. The molecule has 1 saturated carbocycles. The molecule has 4 nitrogen and oxygen atoms in total. The standard InChI is InChI=1S/C9H14N2O2.ClH/c12-8-3-10-1-2-11(8)9-6-4-13-5-7(6)9;/h6-7,9-10H,1-5H2;1H. The van der Waals surface area contributed by atoms with Gasteiger partial charge in [0.25, 0.3) is 0 Å². The maximum Gasteiger partial charge on any atom is 0.236 e. The second-order valence-corrected chi connectivity index (χ2v) is 4.12. The minimum atomic E-state index is 0. The fourth-order valence-corrected chi connectivity index (χ4v) is 2.61. The number of rotatable bonds is 1. The van der Waals surface area contributed by atoms with Gasteiger partial charge in [-0.1, -0.05) is 0 Å². The molecule has 0 bridgehead atoms. The predicted molar refractivity (Wildman–Crippen MR) is 53.4 cm³/mol. The normalized spacial score (nSPS) is 40.4. The number of hydrogen-bond donors (Lipinski definition) is 1. The molecule has 2 heterocycles. The third-order valence-electron chi connectivity index (χ3n) is 3.39. The molecule has 3 aliphatic rings. The number of hydrogen-bond acceptors (Lipinski definition) is 3. The Morgan fingerprint density at radius 2 is 2.07 bits per heavy atom. The minimum absolute atomic E-state index is 0. The first-order chi connectivity index (χ1) is 6.38. The Kier molecular flexibility index (Phi) is 2.68. The van der Waals surface area contributed by atoms with Crippen molar-refractivity contribution in [3.63, 3.8) is 0 Å². The van der Waals surface area contributed by atoms with Crippen LogP contribution < -0.4 is 5.32 Å². The number of amides is 1. The number of carbonyl (C=O) groups excluding carboxylic acids is 1. The van der Waals surface area contributed by atoms with Gasteiger partial charge in [0, 0.05) is 31.0 Å². The summed E-state index contributed by atoms with van der Waals surface area (Å²) in [6.07, 6.45) is 0. The number of fused-ring (bicyclic) bond motifs is 1. The molecule has 3 fully saturated rings. The number of carbonyl (C=O) groups is 1. The van der Waals surface area contributed by atoms with E-state index in [4.69, 9.17) is 4.74 Å². The summed E-state index contributed by atoms with van der Waals surface area (Å²) < 4.78 is 5.31. The SMILES string of the molecule is Cl.O=C1CNCCN1C1C2COCC21. The van der Waals surface area contributed by atoms with E-state index in [-0.39, 0.29) is 18.3 Å². The van der Waals surface area contributed by atoms with Crippen LogP contribution in [0.3, 0.4) is 0 Å². The molecular weight excluding hydrogens is 204 g/mol. The highest BCUT2D eigenvalue weighted by Gasteiger charge is 2.58. The van der Waals surface area contributed by atoms with Crippen molar-refractivity contribution in [1.82, 2.24) is 10.2 Å². The Morgan fingerprint density at radius 1 is 1.36 bits per heavy atom. The fraction of sp³-hybridized carbons (Fsp3) is 0.889. The summed E-state index contributed by atoms with van der Waals surface area (Å²) in [6.45, 7) is 4.09. The highest BCUT2D eigenvalue weighted by Crippen LogP contribution is 2.47. The van der Waals surface area contributed by atoms with Crippen LogP contribution in [-0.2, 0) is 9.53 Å².